The van der Waals surface area contributed by atoms with Gasteiger partial charge in [-0.1, -0.05) is 13.2 Å². The summed E-state index contributed by atoms with van der Waals surface area (Å²) in [4.78, 5) is 12.0. The van der Waals surface area contributed by atoms with Gasteiger partial charge < -0.3 is 9.64 Å². The average molecular weight is 167 g/mol. The fourth-order valence-electron chi connectivity index (χ4n) is 1.27. The smallest absolute Gasteiger partial charge is 0.293 e. The molecule has 1 saturated heterocycles. The zero-order chi connectivity index (χ0) is 9.14. The normalized spacial score (nSPS) is 19.6. The van der Waals surface area contributed by atoms with Crippen LogP contribution in [0.4, 0.5) is 0 Å². The molecule has 3 nitrogen and oxygen atoms in total. The second-order valence-corrected chi connectivity index (χ2v) is 2.95. The summed E-state index contributed by atoms with van der Waals surface area (Å²) in [5.41, 5.74) is 1.89. The van der Waals surface area contributed by atoms with Crippen LogP contribution in [0, 0.1) is 0 Å². The Kier molecular flexibility index (Phi) is 2.53. The van der Waals surface area contributed by atoms with Crippen LogP contribution in [0.3, 0.4) is 0 Å². The quantitative estimate of drug-likeness (QED) is 0.580. The van der Waals surface area contributed by atoms with Crippen LogP contribution in [0.5, 0.6) is 0 Å². The van der Waals surface area contributed by atoms with Crippen LogP contribution in [0.1, 0.15) is 12.8 Å². The minimum atomic E-state index is -0.0706. The van der Waals surface area contributed by atoms with Gasteiger partial charge in [-0.05, 0) is 0 Å². The highest BCUT2D eigenvalue weighted by molar-refractivity contribution is 5.38. The van der Waals surface area contributed by atoms with Gasteiger partial charge in [-0.3, -0.25) is 4.79 Å². The SMILES string of the molecule is C=C1CC(OC=O)CC(=C)N1C. The van der Waals surface area contributed by atoms with Gasteiger partial charge >= 0.3 is 0 Å². The molecule has 0 radical (unpaired) electrons. The maximum Gasteiger partial charge on any atom is 0.293 e. The van der Waals surface area contributed by atoms with Gasteiger partial charge in [-0.15, -0.1) is 0 Å². The number of rotatable bonds is 2. The number of carbonyl (C=O) groups is 1. The molecule has 1 aliphatic rings. The zero-order valence-corrected chi connectivity index (χ0v) is 7.25. The Hall–Kier alpha value is -1.25. The summed E-state index contributed by atoms with van der Waals surface area (Å²) in [7, 11) is 1.92. The van der Waals surface area contributed by atoms with E-state index in [1.165, 1.54) is 0 Å². The van der Waals surface area contributed by atoms with Gasteiger partial charge in [0.15, 0.2) is 0 Å². The van der Waals surface area contributed by atoms with Crippen LogP contribution in [-0.2, 0) is 9.53 Å². The summed E-state index contributed by atoms with van der Waals surface area (Å²) >= 11 is 0. The van der Waals surface area contributed by atoms with Crippen molar-refractivity contribution in [1.29, 1.82) is 0 Å². The van der Waals surface area contributed by atoms with Crippen LogP contribution < -0.4 is 0 Å². The monoisotopic (exact) mass is 167 g/mol. The molecule has 0 aliphatic carbocycles. The Morgan fingerprint density at radius 1 is 1.50 bits per heavy atom. The van der Waals surface area contributed by atoms with Gasteiger partial charge in [0.1, 0.15) is 6.10 Å². The maximum absolute atomic E-state index is 10.1. The molecule has 0 bridgehead atoms. The van der Waals surface area contributed by atoms with E-state index in [0.29, 0.717) is 19.3 Å². The number of piperidine rings is 1. The van der Waals surface area contributed by atoms with E-state index < -0.39 is 0 Å². The number of hydrogen-bond donors (Lipinski definition) is 0. The van der Waals surface area contributed by atoms with Gasteiger partial charge in [-0.25, -0.2) is 0 Å². The molecular weight excluding hydrogens is 154 g/mol. The summed E-state index contributed by atoms with van der Waals surface area (Å²) < 4.78 is 4.84. The standard InChI is InChI=1S/C9H13NO2/c1-7-4-9(12-6-11)5-8(2)10(7)3/h6,9H,1-2,4-5H2,3H3. The first-order chi connectivity index (χ1) is 5.65. The van der Waals surface area contributed by atoms with Gasteiger partial charge in [0.2, 0.25) is 0 Å². The minimum absolute atomic E-state index is 0.0706. The average Bonchev–Trinajstić information content (AvgIpc) is 2.01. The second kappa shape index (κ2) is 3.43. The lowest BCUT2D eigenvalue weighted by Gasteiger charge is -2.33. The third-order valence-corrected chi connectivity index (χ3v) is 2.12. The number of ether oxygens (including phenoxy) is 1. The molecule has 0 amide bonds. The Balaban J connectivity index is 2.59. The van der Waals surface area contributed by atoms with E-state index in [1.807, 2.05) is 11.9 Å². The van der Waals surface area contributed by atoms with Crippen molar-refractivity contribution in [1.82, 2.24) is 4.90 Å². The first-order valence-corrected chi connectivity index (χ1v) is 3.83. The highest BCUT2D eigenvalue weighted by Crippen LogP contribution is 2.26. The second-order valence-electron chi connectivity index (χ2n) is 2.95. The molecule has 0 aromatic rings. The summed E-state index contributed by atoms with van der Waals surface area (Å²) in [5.74, 6) is 0. The molecule has 0 aromatic heterocycles. The topological polar surface area (TPSA) is 29.5 Å². The predicted octanol–water partition coefficient (Wildman–Crippen LogP) is 1.28. The van der Waals surface area contributed by atoms with Crippen molar-refractivity contribution >= 4 is 6.47 Å². The Morgan fingerprint density at radius 2 is 2.00 bits per heavy atom. The van der Waals surface area contributed by atoms with E-state index >= 15 is 0 Å². The van der Waals surface area contributed by atoms with Crippen molar-refractivity contribution in [2.24, 2.45) is 0 Å². The largest absolute Gasteiger partial charge is 0.464 e. The van der Waals surface area contributed by atoms with Crippen LogP contribution in [0.25, 0.3) is 0 Å². The molecule has 1 heterocycles. The Morgan fingerprint density at radius 3 is 2.42 bits per heavy atom. The summed E-state index contributed by atoms with van der Waals surface area (Å²) in [5, 5.41) is 0. The first kappa shape index (κ1) is 8.84. The van der Waals surface area contributed by atoms with Crippen molar-refractivity contribution in [2.45, 2.75) is 18.9 Å². The fourth-order valence-corrected chi connectivity index (χ4v) is 1.27. The van der Waals surface area contributed by atoms with E-state index in [-0.39, 0.29) is 6.10 Å². The van der Waals surface area contributed by atoms with Crippen molar-refractivity contribution in [3.05, 3.63) is 24.6 Å². The van der Waals surface area contributed by atoms with Gasteiger partial charge in [0, 0.05) is 31.3 Å². The molecule has 1 aliphatic heterocycles. The molecule has 0 N–H and O–H groups in total. The van der Waals surface area contributed by atoms with Crippen molar-refractivity contribution in [3.63, 3.8) is 0 Å². The van der Waals surface area contributed by atoms with Gasteiger partial charge in [-0.2, -0.15) is 0 Å². The van der Waals surface area contributed by atoms with Gasteiger partial charge in [0.25, 0.3) is 6.47 Å². The minimum Gasteiger partial charge on any atom is -0.464 e. The van der Waals surface area contributed by atoms with E-state index in [1.54, 1.807) is 0 Å². The number of hydrogen-bond acceptors (Lipinski definition) is 3. The van der Waals surface area contributed by atoms with Crippen molar-refractivity contribution in [2.75, 3.05) is 7.05 Å². The van der Waals surface area contributed by atoms with Crippen LogP contribution in [0.15, 0.2) is 24.6 Å². The molecule has 1 fully saturated rings. The van der Waals surface area contributed by atoms with Crippen molar-refractivity contribution in [3.8, 4) is 0 Å². The molecule has 1 rings (SSSR count). The van der Waals surface area contributed by atoms with Crippen LogP contribution in [-0.4, -0.2) is 24.5 Å². The van der Waals surface area contributed by atoms with E-state index in [0.717, 1.165) is 11.4 Å². The van der Waals surface area contributed by atoms with E-state index in [4.69, 9.17) is 4.74 Å². The lowest BCUT2D eigenvalue weighted by atomic mass is 10.0. The van der Waals surface area contributed by atoms with E-state index in [2.05, 4.69) is 13.2 Å². The third-order valence-electron chi connectivity index (χ3n) is 2.12. The lowest BCUT2D eigenvalue weighted by Crippen LogP contribution is -2.29. The van der Waals surface area contributed by atoms with E-state index in [9.17, 15) is 4.79 Å². The molecule has 0 unspecified atom stereocenters. The lowest BCUT2D eigenvalue weighted by molar-refractivity contribution is -0.134. The Bertz CT molecular complexity index is 205. The van der Waals surface area contributed by atoms with Crippen LogP contribution in [0.2, 0.25) is 0 Å². The summed E-state index contributed by atoms with van der Waals surface area (Å²) in [6.45, 7) is 8.18. The number of nitrogens with zero attached hydrogens (tertiary/aromatic N) is 1. The number of carbonyl (C=O) groups excluding carboxylic acids is 1. The zero-order valence-electron chi connectivity index (χ0n) is 7.25. The number of likely N-dealkylation sites (tertiary alicyclic amines) is 1. The van der Waals surface area contributed by atoms with Crippen LogP contribution >= 0.6 is 0 Å². The Labute approximate surface area is 72.3 Å². The molecule has 3 heteroatoms. The predicted molar refractivity (Wildman–Crippen MR) is 46.2 cm³/mol. The highest BCUT2D eigenvalue weighted by Gasteiger charge is 2.22. The maximum atomic E-state index is 10.1. The molecule has 0 aromatic carbocycles. The fraction of sp³-hybridized carbons (Fsp3) is 0.444. The van der Waals surface area contributed by atoms with Gasteiger partial charge in [0.05, 0.1) is 0 Å². The highest BCUT2D eigenvalue weighted by atomic mass is 16.5. The molecule has 0 atom stereocenters. The molecule has 12 heavy (non-hydrogen) atoms. The molecule has 0 saturated carbocycles. The molecule has 66 valence electrons. The first-order valence-electron chi connectivity index (χ1n) is 3.83. The molecular formula is C9H13NO2. The van der Waals surface area contributed by atoms with Crippen molar-refractivity contribution < 1.29 is 9.53 Å². The summed E-state index contributed by atoms with van der Waals surface area (Å²) in [6, 6.07) is 0. The molecule has 0 spiro atoms. The third kappa shape index (κ3) is 1.67. The summed E-state index contributed by atoms with van der Waals surface area (Å²) in [6.07, 6.45) is 1.33.